The van der Waals surface area contributed by atoms with Gasteiger partial charge < -0.3 is 19.3 Å². The van der Waals surface area contributed by atoms with Crippen LogP contribution in [-0.4, -0.2) is 42.8 Å². The molecule has 7 heteroatoms. The standard InChI is InChI=1S/C19H18O7/c1-8-17(23)16-13(22)7-14(26-19(16)9(2)18(8)25-4)10-5-12(21)15(24-3)6-11(10)20/h5-6,14,23H,7H2,1-4H3. The number of hydrogen-bond acceptors (Lipinski definition) is 7. The molecule has 0 radical (unpaired) electrons. The monoisotopic (exact) mass is 358 g/mol. The SMILES string of the molecule is COC1=CC(=O)C(C2CC(=O)c3c(O)c(C)c(OC)c(C)c3O2)=CC1=O. The lowest BCUT2D eigenvalue weighted by Gasteiger charge is -2.30. The highest BCUT2D eigenvalue weighted by Crippen LogP contribution is 2.46. The van der Waals surface area contributed by atoms with Crippen molar-refractivity contribution in [2.75, 3.05) is 14.2 Å². The Labute approximate surface area is 149 Å². The van der Waals surface area contributed by atoms with Crippen LogP contribution in [0.5, 0.6) is 17.2 Å². The van der Waals surface area contributed by atoms with E-state index in [4.69, 9.17) is 14.2 Å². The van der Waals surface area contributed by atoms with Gasteiger partial charge in [-0.15, -0.1) is 0 Å². The second kappa shape index (κ2) is 6.33. The predicted octanol–water partition coefficient (Wildman–Crippen LogP) is 1.96. The van der Waals surface area contributed by atoms with Crippen LogP contribution in [0.4, 0.5) is 0 Å². The highest BCUT2D eigenvalue weighted by Gasteiger charge is 2.38. The van der Waals surface area contributed by atoms with E-state index in [1.807, 2.05) is 0 Å². The number of methoxy groups -OCH3 is 2. The maximum Gasteiger partial charge on any atom is 0.221 e. The molecule has 0 spiro atoms. The summed E-state index contributed by atoms with van der Waals surface area (Å²) in [5.74, 6) is -0.996. The first-order chi connectivity index (χ1) is 12.3. The highest BCUT2D eigenvalue weighted by atomic mass is 16.5. The number of phenols is 1. The van der Waals surface area contributed by atoms with Crippen molar-refractivity contribution in [1.82, 2.24) is 0 Å². The lowest BCUT2D eigenvalue weighted by atomic mass is 9.88. The number of Topliss-reactive ketones (excluding diaryl/α,β-unsaturated/α-hetero) is 1. The summed E-state index contributed by atoms with van der Waals surface area (Å²) in [7, 11) is 2.75. The van der Waals surface area contributed by atoms with Crippen molar-refractivity contribution in [3.63, 3.8) is 0 Å². The molecule has 1 aromatic carbocycles. The summed E-state index contributed by atoms with van der Waals surface area (Å²) >= 11 is 0. The Balaban J connectivity index is 2.06. The number of fused-ring (bicyclic) bond motifs is 1. The Kier molecular flexibility index (Phi) is 4.31. The number of allylic oxidation sites excluding steroid dienone is 2. The van der Waals surface area contributed by atoms with Gasteiger partial charge in [0.15, 0.2) is 17.3 Å². The molecule has 1 atom stereocenters. The molecule has 1 heterocycles. The first kappa shape index (κ1) is 17.7. The van der Waals surface area contributed by atoms with Crippen LogP contribution in [0.3, 0.4) is 0 Å². The van der Waals surface area contributed by atoms with E-state index in [0.29, 0.717) is 16.9 Å². The molecule has 2 aliphatic rings. The van der Waals surface area contributed by atoms with E-state index in [0.717, 1.165) is 12.2 Å². The highest BCUT2D eigenvalue weighted by molar-refractivity contribution is 6.20. The van der Waals surface area contributed by atoms with Gasteiger partial charge in [0, 0.05) is 28.9 Å². The minimum atomic E-state index is -0.924. The number of phenolic OH excluding ortho intramolecular Hbond substituents is 1. The number of aromatic hydroxyl groups is 1. The normalized spacial score (nSPS) is 19.4. The molecule has 1 N–H and O–H groups in total. The molecular formula is C19H18O7. The third kappa shape index (κ3) is 2.56. The molecule has 0 saturated carbocycles. The second-order valence-electron chi connectivity index (χ2n) is 6.11. The minimum Gasteiger partial charge on any atom is -0.507 e. The van der Waals surface area contributed by atoms with E-state index < -0.39 is 17.7 Å². The van der Waals surface area contributed by atoms with E-state index in [9.17, 15) is 19.5 Å². The number of carbonyl (C=O) groups excluding carboxylic acids is 3. The number of ketones is 3. The molecule has 136 valence electrons. The van der Waals surface area contributed by atoms with Crippen LogP contribution < -0.4 is 9.47 Å². The molecule has 0 bridgehead atoms. The van der Waals surface area contributed by atoms with E-state index in [1.54, 1.807) is 13.8 Å². The van der Waals surface area contributed by atoms with Crippen molar-refractivity contribution in [3.05, 3.63) is 40.2 Å². The van der Waals surface area contributed by atoms with Crippen molar-refractivity contribution < 1.29 is 33.7 Å². The molecule has 1 aliphatic heterocycles. The van der Waals surface area contributed by atoms with Gasteiger partial charge in [0.2, 0.25) is 5.78 Å². The largest absolute Gasteiger partial charge is 0.507 e. The van der Waals surface area contributed by atoms with E-state index >= 15 is 0 Å². The van der Waals surface area contributed by atoms with Gasteiger partial charge in [-0.3, -0.25) is 14.4 Å². The quantitative estimate of drug-likeness (QED) is 0.825. The van der Waals surface area contributed by atoms with Crippen LogP contribution in [-0.2, 0) is 14.3 Å². The number of rotatable bonds is 3. The van der Waals surface area contributed by atoms with Crippen molar-refractivity contribution in [2.45, 2.75) is 26.4 Å². The molecular weight excluding hydrogens is 340 g/mol. The summed E-state index contributed by atoms with van der Waals surface area (Å²) in [5, 5.41) is 10.4. The summed E-state index contributed by atoms with van der Waals surface area (Å²) in [6.45, 7) is 3.34. The second-order valence-corrected chi connectivity index (χ2v) is 6.11. The molecule has 0 amide bonds. The molecule has 26 heavy (non-hydrogen) atoms. The smallest absolute Gasteiger partial charge is 0.221 e. The Hall–Kier alpha value is -3.09. The summed E-state index contributed by atoms with van der Waals surface area (Å²) in [4.78, 5) is 36.9. The number of ether oxygens (including phenoxy) is 3. The summed E-state index contributed by atoms with van der Waals surface area (Å²) < 4.78 is 16.0. The molecule has 1 aliphatic carbocycles. The van der Waals surface area contributed by atoms with E-state index in [2.05, 4.69) is 0 Å². The zero-order chi connectivity index (χ0) is 19.2. The van der Waals surface area contributed by atoms with Gasteiger partial charge in [0.1, 0.15) is 28.9 Å². The zero-order valence-electron chi connectivity index (χ0n) is 14.8. The number of hydrogen-bond donors (Lipinski definition) is 1. The van der Waals surface area contributed by atoms with Gasteiger partial charge in [0.05, 0.1) is 20.6 Å². The first-order valence-electron chi connectivity index (χ1n) is 7.96. The summed E-state index contributed by atoms with van der Waals surface area (Å²) in [5.41, 5.74) is 1.13. The molecule has 0 aromatic heterocycles. The lowest BCUT2D eigenvalue weighted by molar-refractivity contribution is -0.117. The zero-order valence-corrected chi connectivity index (χ0v) is 14.8. The Bertz CT molecular complexity index is 905. The van der Waals surface area contributed by atoms with Gasteiger partial charge >= 0.3 is 0 Å². The summed E-state index contributed by atoms with van der Waals surface area (Å²) in [6.07, 6.45) is 1.13. The minimum absolute atomic E-state index is 0.0626. The fourth-order valence-electron chi connectivity index (χ4n) is 3.28. The van der Waals surface area contributed by atoms with E-state index in [-0.39, 0.29) is 40.6 Å². The van der Waals surface area contributed by atoms with Crippen LogP contribution in [0.15, 0.2) is 23.5 Å². The van der Waals surface area contributed by atoms with Gasteiger partial charge in [-0.25, -0.2) is 0 Å². The fourth-order valence-corrected chi connectivity index (χ4v) is 3.28. The Morgan fingerprint density at radius 3 is 2.35 bits per heavy atom. The molecule has 0 fully saturated rings. The number of carbonyl (C=O) groups is 3. The topological polar surface area (TPSA) is 99.1 Å². The van der Waals surface area contributed by atoms with Crippen molar-refractivity contribution in [1.29, 1.82) is 0 Å². The van der Waals surface area contributed by atoms with Gasteiger partial charge in [0.25, 0.3) is 0 Å². The Morgan fingerprint density at radius 2 is 1.73 bits per heavy atom. The third-order valence-corrected chi connectivity index (χ3v) is 4.60. The molecule has 1 aromatic rings. The van der Waals surface area contributed by atoms with Crippen LogP contribution in [0.1, 0.15) is 27.9 Å². The van der Waals surface area contributed by atoms with Crippen molar-refractivity contribution >= 4 is 17.3 Å². The van der Waals surface area contributed by atoms with Crippen molar-refractivity contribution in [2.24, 2.45) is 0 Å². The third-order valence-electron chi connectivity index (χ3n) is 4.60. The van der Waals surface area contributed by atoms with Gasteiger partial charge in [-0.1, -0.05) is 0 Å². The van der Waals surface area contributed by atoms with Crippen LogP contribution in [0, 0.1) is 13.8 Å². The lowest BCUT2D eigenvalue weighted by Crippen LogP contribution is -2.34. The average molecular weight is 358 g/mol. The maximum atomic E-state index is 12.6. The van der Waals surface area contributed by atoms with Gasteiger partial charge in [-0.2, -0.15) is 0 Å². The van der Waals surface area contributed by atoms with Crippen LogP contribution in [0.2, 0.25) is 0 Å². The van der Waals surface area contributed by atoms with Crippen LogP contribution in [0.25, 0.3) is 0 Å². The maximum absolute atomic E-state index is 12.6. The molecule has 0 saturated heterocycles. The molecule has 7 nitrogen and oxygen atoms in total. The molecule has 1 unspecified atom stereocenters. The average Bonchev–Trinajstić information content (AvgIpc) is 2.61. The Morgan fingerprint density at radius 1 is 1.04 bits per heavy atom. The first-order valence-corrected chi connectivity index (χ1v) is 7.96. The number of benzene rings is 1. The van der Waals surface area contributed by atoms with Gasteiger partial charge in [-0.05, 0) is 13.8 Å². The van der Waals surface area contributed by atoms with Crippen LogP contribution >= 0.6 is 0 Å². The molecule has 3 rings (SSSR count). The predicted molar refractivity (Wildman–Crippen MR) is 90.7 cm³/mol. The van der Waals surface area contributed by atoms with E-state index in [1.165, 1.54) is 14.2 Å². The summed E-state index contributed by atoms with van der Waals surface area (Å²) in [6, 6.07) is 0. The fraction of sp³-hybridized carbons (Fsp3) is 0.316. The van der Waals surface area contributed by atoms with Crippen molar-refractivity contribution in [3.8, 4) is 17.2 Å².